The first-order valence-corrected chi connectivity index (χ1v) is 17.5. The van der Waals surface area contributed by atoms with Gasteiger partial charge in [-0.2, -0.15) is 0 Å². The summed E-state index contributed by atoms with van der Waals surface area (Å²) in [4.78, 5) is 149. The van der Waals surface area contributed by atoms with Gasteiger partial charge in [0.25, 0.3) is 0 Å². The molecule has 0 atom stereocenters. The smallest absolute Gasteiger partial charge is 0.790 e. The topological polar surface area (TPSA) is 542 Å². The van der Waals surface area contributed by atoms with E-state index in [4.69, 9.17) is 0 Å². The van der Waals surface area contributed by atoms with Gasteiger partial charge in [-0.05, 0) is 0 Å². The van der Waals surface area contributed by atoms with Gasteiger partial charge in [-0.25, -0.2) is 0 Å². The van der Waals surface area contributed by atoms with E-state index in [1.165, 1.54) is 0 Å². The zero-order valence-corrected chi connectivity index (χ0v) is 88.1. The molecule has 0 bridgehead atoms. The van der Waals surface area contributed by atoms with Gasteiger partial charge >= 0.3 is 822 Å². The predicted molar refractivity (Wildman–Crippen MR) is 65.2 cm³/mol. The molecule has 0 rings (SSSR count). The average molecular weight is 1320 g/mol. The normalized spacial score (nSPS) is 9.54. The van der Waals surface area contributed by atoms with E-state index < -0.39 is 62.6 Å². The maximum atomic E-state index is 9.32. The number of hydrogen-bond acceptors (Lipinski definition) is 28. The minimum atomic E-state index is -5.68. The molecule has 0 N–H and O–H groups in total. The summed E-state index contributed by atoms with van der Waals surface area (Å²) >= 11 is 0. The van der Waals surface area contributed by atoms with Gasteiger partial charge in [0, 0.05) is 0 Å². The molecule has 0 aliphatic heterocycles. The molecule has 0 heterocycles. The van der Waals surface area contributed by atoms with Crippen LogP contribution >= 0.6 is 62.6 Å². The molecular weight excluding hydrogens is 1320 g/mol. The van der Waals surface area contributed by atoms with Gasteiger partial charge in [-0.15, -0.1) is 0 Å². The van der Waals surface area contributed by atoms with Crippen molar-refractivity contribution in [1.29, 1.82) is 0 Å². The Morgan fingerprint density at radius 2 is 0.212 bits per heavy atom. The van der Waals surface area contributed by atoms with Crippen molar-refractivity contribution in [3.8, 4) is 0 Å². The quantitative estimate of drug-likeness (QED) is 0.161. The molecule has 0 aliphatic rings. The third kappa shape index (κ3) is 171. The molecule has 0 aromatic carbocycles. The molecule has 0 fully saturated rings. The second-order valence-electron chi connectivity index (χ2n) is 3.90. The van der Waals surface area contributed by atoms with E-state index in [-0.39, 0.29) is 822 Å². The summed E-state index contributed by atoms with van der Waals surface area (Å²) in [7, 11) is -45.4. The minimum absolute atomic E-state index is 0. The molecule has 0 aromatic rings. The first-order valence-electron chi connectivity index (χ1n) is 5.84. The fraction of sp³-hybridized carbons (Fsp3) is 0. The SMILES string of the molecule is O=P([O-])([O-])OP(=O)([O-])[O-].O=P([O-])([O-])OP(=O)([O-])[O-].O=P([O-])([O-])OP(=O)([O-])[O-].O=P([O-])([O-])OP(=O)([O-])[O-].[K+].[K+].[K+].[K+].[K+].[K+].[K+].[K+].[K+].[K+].[K+].[K+].[K+].[K+].[K+].[K+]. The van der Waals surface area contributed by atoms with Crippen LogP contribution in [-0.2, 0) is 53.8 Å². The molecule has 0 spiro atoms. The van der Waals surface area contributed by atoms with Gasteiger partial charge in [0.05, 0.1) is 62.6 Å². The van der Waals surface area contributed by atoms with Crippen molar-refractivity contribution in [1.82, 2.24) is 0 Å². The maximum Gasteiger partial charge on any atom is 1.00 e. The summed E-state index contributed by atoms with van der Waals surface area (Å²) in [6, 6.07) is 0. The fourth-order valence-electron chi connectivity index (χ4n) is 0.490. The summed E-state index contributed by atoms with van der Waals surface area (Å²) < 4.78 is 84.7. The first-order chi connectivity index (χ1) is 14.8. The molecule has 0 saturated carbocycles. The van der Waals surface area contributed by atoms with Crippen LogP contribution in [0.1, 0.15) is 0 Å². The zero-order valence-electron chi connectivity index (χ0n) is 31.0. The maximum absolute atomic E-state index is 9.32. The Bertz CT molecular complexity index is 804. The molecule has 52 heteroatoms. The van der Waals surface area contributed by atoms with Crippen LogP contribution in [0.4, 0.5) is 0 Å². The van der Waals surface area contributed by atoms with Crippen molar-refractivity contribution in [2.75, 3.05) is 0 Å². The van der Waals surface area contributed by atoms with Crippen molar-refractivity contribution in [2.24, 2.45) is 0 Å². The largest absolute Gasteiger partial charge is 1.00 e. The molecule has 0 aliphatic carbocycles. The van der Waals surface area contributed by atoms with Crippen molar-refractivity contribution in [3.05, 3.63) is 0 Å². The van der Waals surface area contributed by atoms with E-state index in [0.29, 0.717) is 0 Å². The fourth-order valence-corrected chi connectivity index (χ4v) is 4.41. The van der Waals surface area contributed by atoms with Crippen molar-refractivity contribution in [3.63, 3.8) is 0 Å². The Morgan fingerprint density at radius 1 is 0.173 bits per heavy atom. The van der Waals surface area contributed by atoms with Crippen LogP contribution in [0, 0.1) is 0 Å². The van der Waals surface area contributed by atoms with Crippen LogP contribution < -0.4 is 900 Å². The van der Waals surface area contributed by atoms with Gasteiger partial charge < -0.3 is 132 Å². The second-order valence-corrected chi connectivity index (χ2v) is 13.7. The first kappa shape index (κ1) is 138. The van der Waals surface area contributed by atoms with Gasteiger partial charge in [0.15, 0.2) is 0 Å². The molecule has 28 nitrogen and oxygen atoms in total. The van der Waals surface area contributed by atoms with Crippen molar-refractivity contribution in [2.45, 2.75) is 0 Å². The predicted octanol–water partition coefficient (Wildman–Crippen LogP) is -61.3. The Hall–Kier alpha value is 27.2. The minimum Gasteiger partial charge on any atom is -0.790 e. The third-order valence-electron chi connectivity index (χ3n) is 0.800. The van der Waals surface area contributed by atoms with E-state index in [2.05, 4.69) is 17.2 Å². The molecule has 0 unspecified atom stereocenters. The van der Waals surface area contributed by atoms with E-state index in [1.807, 2.05) is 0 Å². The second kappa shape index (κ2) is 74.3. The Morgan fingerprint density at radius 3 is 0.212 bits per heavy atom. The summed E-state index contributed by atoms with van der Waals surface area (Å²) in [5.41, 5.74) is 0. The van der Waals surface area contributed by atoms with E-state index >= 15 is 0 Å². The Labute approximate surface area is 978 Å². The van der Waals surface area contributed by atoms with E-state index in [9.17, 15) is 115 Å². The van der Waals surface area contributed by atoms with Gasteiger partial charge in [-0.3, -0.25) is 0 Å². The van der Waals surface area contributed by atoms with Crippen LogP contribution in [0.3, 0.4) is 0 Å². The molecule has 224 valence electrons. The van der Waals surface area contributed by atoms with Crippen LogP contribution in [0.15, 0.2) is 0 Å². The zero-order chi connectivity index (χ0) is 30.8. The Kier molecular flexibility index (Phi) is 198. The summed E-state index contributed by atoms with van der Waals surface area (Å²) in [6.45, 7) is 0. The van der Waals surface area contributed by atoms with Crippen LogP contribution in [-0.4, -0.2) is 0 Å². The number of rotatable bonds is 8. The number of hydrogen-bond donors (Lipinski definition) is 0. The molecule has 0 saturated heterocycles. The standard InChI is InChI=1S/16K.4H4O7P2/c;;;;;;;;;;;;;;;;4*1-8(2,3)7-9(4,5)6/h;;;;;;;;;;;;;;;;4*(H2,1,2,3)(H2,4,5,6)/q16*+1;;;;/p-16. The summed E-state index contributed by atoms with van der Waals surface area (Å²) in [5, 5.41) is 0. The molecule has 0 amide bonds. The van der Waals surface area contributed by atoms with Crippen LogP contribution in [0.2, 0.25) is 0 Å². The average Bonchev–Trinajstić information content (AvgIpc) is 2.19. The van der Waals surface area contributed by atoms with E-state index in [1.54, 1.807) is 0 Å². The number of phosphoric acid groups is 8. The van der Waals surface area contributed by atoms with Crippen LogP contribution in [0.25, 0.3) is 0 Å². The molecule has 0 aromatic heterocycles. The monoisotopic (exact) mass is 1320 g/mol. The van der Waals surface area contributed by atoms with Gasteiger partial charge in [-0.1, -0.05) is 0 Å². The summed E-state index contributed by atoms with van der Waals surface area (Å²) in [5.74, 6) is 0. The Balaban J connectivity index is -0.0000000132. The summed E-state index contributed by atoms with van der Waals surface area (Å²) in [6.07, 6.45) is 0. The van der Waals surface area contributed by atoms with Crippen molar-refractivity contribution >= 4 is 62.6 Å². The van der Waals surface area contributed by atoms with Crippen molar-refractivity contribution < 1.29 is 954 Å². The third-order valence-corrected chi connectivity index (χ3v) is 7.20. The molecule has 0 radical (unpaired) electrons. The molecular formula is K16O28P8. The van der Waals surface area contributed by atoms with Gasteiger partial charge in [0.1, 0.15) is 0 Å². The van der Waals surface area contributed by atoms with Crippen LogP contribution in [0.5, 0.6) is 0 Å². The van der Waals surface area contributed by atoms with Gasteiger partial charge in [0.2, 0.25) is 0 Å². The molecule has 52 heavy (non-hydrogen) atoms. The van der Waals surface area contributed by atoms with E-state index in [0.717, 1.165) is 0 Å².